The summed E-state index contributed by atoms with van der Waals surface area (Å²) in [5.74, 6) is -8.26. The maximum Gasteiger partial charge on any atom is 0.457 e. The summed E-state index contributed by atoms with van der Waals surface area (Å²) in [7, 11) is 1.39. The van der Waals surface area contributed by atoms with Gasteiger partial charge in [-0.25, -0.2) is 4.39 Å². The van der Waals surface area contributed by atoms with Gasteiger partial charge in [-0.05, 0) is 93.7 Å². The summed E-state index contributed by atoms with van der Waals surface area (Å²) in [6.45, 7) is 0. The van der Waals surface area contributed by atoms with Crippen molar-refractivity contribution in [3.05, 3.63) is 90.1 Å². The van der Waals surface area contributed by atoms with Crippen molar-refractivity contribution in [2.45, 2.75) is 23.9 Å². The molecule has 0 saturated heterocycles. The second-order valence-electron chi connectivity index (χ2n) is 8.60. The molecule has 0 saturated carbocycles. The smallest absolute Gasteiger partial charge is 0.320 e. The first-order valence-electron chi connectivity index (χ1n) is 11.2. The number of halogens is 11. The van der Waals surface area contributed by atoms with Crippen LogP contribution in [-0.2, 0) is 5.67 Å². The fourth-order valence-corrected chi connectivity index (χ4v) is 5.72. The maximum atomic E-state index is 14.9. The van der Waals surface area contributed by atoms with Gasteiger partial charge in [0.15, 0.2) is 0 Å². The minimum absolute atomic E-state index is 0.0765. The predicted molar refractivity (Wildman–Crippen MR) is 150 cm³/mol. The molecule has 1 unspecified atom stereocenters. The summed E-state index contributed by atoms with van der Waals surface area (Å²) in [6.07, 6.45) is -13.5. The summed E-state index contributed by atoms with van der Waals surface area (Å²) in [6, 6.07) is 13.5. The van der Waals surface area contributed by atoms with Gasteiger partial charge in [-0.1, -0.05) is 12.1 Å². The molecule has 2 amide bonds. The van der Waals surface area contributed by atoms with Crippen molar-refractivity contribution in [1.82, 2.24) is 0 Å². The summed E-state index contributed by atoms with van der Waals surface area (Å²) < 4.78 is 121. The molecule has 5 nitrogen and oxygen atoms in total. The Morgan fingerprint density at radius 3 is 1.88 bits per heavy atom. The van der Waals surface area contributed by atoms with Crippen LogP contribution in [0.1, 0.15) is 31.8 Å². The van der Waals surface area contributed by atoms with Crippen LogP contribution in [0.2, 0.25) is 0 Å². The van der Waals surface area contributed by atoms with Gasteiger partial charge < -0.3 is 10.2 Å². The molecule has 0 bridgehead atoms. The number of alkyl halides is 9. The van der Waals surface area contributed by atoms with E-state index in [9.17, 15) is 49.1 Å². The number of carbonyl (C=O) groups excluding carboxylic acids is 2. The number of amides is 2. The molecule has 1 N–H and O–H groups in total. The van der Waals surface area contributed by atoms with Crippen molar-refractivity contribution in [3.63, 3.8) is 0 Å². The topological polar surface area (TPSA) is 73.2 Å². The van der Waals surface area contributed by atoms with Crippen molar-refractivity contribution in [2.75, 3.05) is 17.3 Å². The molecule has 0 fully saturated rings. The van der Waals surface area contributed by atoms with E-state index in [-0.39, 0.29) is 40.2 Å². The molecule has 0 aliphatic carbocycles. The van der Waals surface area contributed by atoms with Gasteiger partial charge in [0.1, 0.15) is 0 Å². The van der Waals surface area contributed by atoms with Crippen LogP contribution < -0.4 is 10.2 Å². The molecule has 16 heteroatoms. The molecule has 3 aromatic rings. The molecular weight excluding hydrogens is 811 g/mol. The summed E-state index contributed by atoms with van der Waals surface area (Å²) in [5.41, 5.74) is -7.86. The number of hydrogen-bond acceptors (Lipinski definition) is 3. The third kappa shape index (κ3) is 6.16. The molecule has 0 radical (unpaired) electrons. The normalized spacial score (nSPS) is 13.6. The maximum absolute atomic E-state index is 14.9. The zero-order chi connectivity index (χ0) is 31.8. The fourth-order valence-electron chi connectivity index (χ4n) is 3.68. The van der Waals surface area contributed by atoms with Gasteiger partial charge in [0.25, 0.3) is 11.8 Å². The summed E-state index contributed by atoms with van der Waals surface area (Å²) in [4.78, 5) is 27.0. The van der Waals surface area contributed by atoms with Gasteiger partial charge >= 0.3 is 23.9 Å². The minimum Gasteiger partial charge on any atom is -0.320 e. The monoisotopic (exact) mass is 825 g/mol. The highest BCUT2D eigenvalue weighted by atomic mass is 127. The van der Waals surface area contributed by atoms with E-state index in [0.717, 1.165) is 0 Å². The molecule has 3 rings (SSSR count). The molecule has 0 aromatic heterocycles. The lowest BCUT2D eigenvalue weighted by molar-refractivity contribution is -0.389. The number of benzene rings is 3. The van der Waals surface area contributed by atoms with E-state index in [0.29, 0.717) is 0 Å². The molecule has 0 spiro atoms. The van der Waals surface area contributed by atoms with Crippen LogP contribution in [0.25, 0.3) is 0 Å². The minimum atomic E-state index is -6.88. The lowest BCUT2D eigenvalue weighted by Gasteiger charge is -2.36. The van der Waals surface area contributed by atoms with Gasteiger partial charge in [0.05, 0.1) is 17.3 Å². The number of anilines is 2. The van der Waals surface area contributed by atoms with E-state index in [2.05, 4.69) is 5.32 Å². The lowest BCUT2D eigenvalue weighted by atomic mass is 9.87. The van der Waals surface area contributed by atoms with Gasteiger partial charge in [-0.15, -0.1) is 0 Å². The van der Waals surface area contributed by atoms with Crippen molar-refractivity contribution in [2.24, 2.45) is 0 Å². The van der Waals surface area contributed by atoms with E-state index < -0.39 is 48.5 Å². The number of nitrogens with zero attached hydrogens (tertiary/aromatic N) is 2. The van der Waals surface area contributed by atoms with E-state index in [1.807, 2.05) is 6.07 Å². The average molecular weight is 825 g/mol. The van der Waals surface area contributed by atoms with Crippen molar-refractivity contribution in [3.8, 4) is 6.07 Å². The molecule has 1 atom stereocenters. The molecule has 42 heavy (non-hydrogen) atoms. The quantitative estimate of drug-likeness (QED) is 0.201. The highest BCUT2D eigenvalue weighted by Crippen LogP contribution is 2.58. The average Bonchev–Trinajstić information content (AvgIpc) is 2.92. The van der Waals surface area contributed by atoms with Crippen LogP contribution in [0.3, 0.4) is 0 Å². The number of hydrogen-bond donors (Lipinski definition) is 1. The fraction of sp³-hybridized carbons (Fsp3) is 0.192. The first-order chi connectivity index (χ1) is 19.3. The van der Waals surface area contributed by atoms with Gasteiger partial charge in [0.2, 0.25) is 0 Å². The second kappa shape index (κ2) is 11.9. The van der Waals surface area contributed by atoms with E-state index in [1.54, 1.807) is 0 Å². The first kappa shape index (κ1) is 33.4. The molecular formula is C26H14F9I2N3O2. The summed E-state index contributed by atoms with van der Waals surface area (Å²) >= 11 is 2.53. The zero-order valence-electron chi connectivity index (χ0n) is 20.6. The highest BCUT2D eigenvalue weighted by Gasteiger charge is 2.81. The van der Waals surface area contributed by atoms with Gasteiger partial charge in [-0.2, -0.15) is 40.4 Å². The number of carbonyl (C=O) groups is 2. The van der Waals surface area contributed by atoms with Crippen LogP contribution in [0.4, 0.5) is 50.9 Å². The van der Waals surface area contributed by atoms with E-state index in [1.165, 1.54) is 106 Å². The van der Waals surface area contributed by atoms with Crippen LogP contribution >= 0.6 is 45.2 Å². The largest absolute Gasteiger partial charge is 0.457 e. The van der Waals surface area contributed by atoms with Crippen LogP contribution in [-0.4, -0.2) is 37.1 Å². The Balaban J connectivity index is 1.95. The Morgan fingerprint density at radius 2 is 1.36 bits per heavy atom. The van der Waals surface area contributed by atoms with Gasteiger partial charge in [-0.3, -0.25) is 9.59 Å². The molecule has 0 aliphatic rings. The zero-order valence-corrected chi connectivity index (χ0v) is 25.0. The third-order valence-corrected chi connectivity index (χ3v) is 7.60. The van der Waals surface area contributed by atoms with Crippen molar-refractivity contribution in [1.29, 1.82) is 5.26 Å². The van der Waals surface area contributed by atoms with Crippen molar-refractivity contribution < 1.29 is 49.1 Å². The third-order valence-electron chi connectivity index (χ3n) is 5.90. The number of nitriles is 1. The predicted octanol–water partition coefficient (Wildman–Crippen LogP) is 8.22. The Labute approximate surface area is 259 Å². The van der Waals surface area contributed by atoms with Gasteiger partial charge in [0, 0.05) is 36.6 Å². The van der Waals surface area contributed by atoms with Crippen LogP contribution in [0, 0.1) is 18.5 Å². The van der Waals surface area contributed by atoms with Crippen LogP contribution in [0.15, 0.2) is 60.7 Å². The Hall–Kier alpha value is -3.08. The Morgan fingerprint density at radius 1 is 0.810 bits per heavy atom. The lowest BCUT2D eigenvalue weighted by Crippen LogP contribution is -2.59. The van der Waals surface area contributed by atoms with E-state index >= 15 is 0 Å². The van der Waals surface area contributed by atoms with Crippen LogP contribution in [0.5, 0.6) is 0 Å². The van der Waals surface area contributed by atoms with E-state index in [4.69, 9.17) is 5.26 Å². The Kier molecular flexibility index (Phi) is 9.47. The highest BCUT2D eigenvalue weighted by molar-refractivity contribution is 14.1. The first-order valence-corrected chi connectivity index (χ1v) is 13.3. The number of nitrogens with one attached hydrogen (secondary N) is 1. The molecule has 0 heterocycles. The second-order valence-corrected chi connectivity index (χ2v) is 10.9. The number of rotatable bonds is 6. The molecule has 0 aliphatic heterocycles. The summed E-state index contributed by atoms with van der Waals surface area (Å²) in [5, 5.41) is 11.4. The molecule has 222 valence electrons. The standard InChI is InChI=1S/C26H14F9I2N3O2/c1-40(22(42)15-6-2-4-13(8-15)12-38)17-7-3-5-14(9-17)21(41)39-20-18(36)10-16(11-19(20)37)23(27,25(30,31)32)24(28,29)26(33,34)35/h2-11H,1H3,(H,39,41). The SMILES string of the molecule is CN(C(=O)c1cccc(C#N)c1)c1cccc(C(=O)Nc2c(I)cc(C(F)(C(F)(F)F)C(F)(F)C(F)(F)F)cc2I)c1. The molecule has 3 aromatic carbocycles. The Bertz CT molecular complexity index is 1560. The van der Waals surface area contributed by atoms with Crippen molar-refractivity contribution >= 4 is 68.4 Å².